The molecule has 0 radical (unpaired) electrons. The van der Waals surface area contributed by atoms with Gasteiger partial charge in [-0.3, -0.25) is 0 Å². The molecule has 75 heavy (non-hydrogen) atoms. The van der Waals surface area contributed by atoms with Crippen LogP contribution in [0.25, 0.3) is 49.8 Å². The van der Waals surface area contributed by atoms with Gasteiger partial charge in [-0.05, 0) is 160 Å². The van der Waals surface area contributed by atoms with Crippen molar-refractivity contribution in [3.05, 3.63) is 224 Å². The Morgan fingerprint density at radius 1 is 0.560 bits per heavy atom. The second kappa shape index (κ2) is 14.8. The topological polar surface area (TPSA) is 4.93 Å². The monoisotopic (exact) mass is 972 g/mol. The molecule has 0 saturated heterocycles. The molecule has 15 rings (SSSR count). The first-order valence-corrected chi connectivity index (χ1v) is 28.3. The van der Waals surface area contributed by atoms with Crippen LogP contribution in [0, 0.1) is 11.3 Å². The molecule has 1 nitrogen and oxygen atoms in total. The normalized spacial score (nSPS) is 20.4. The first-order chi connectivity index (χ1) is 35.7. The zero-order chi connectivity index (χ0) is 51.6. The average Bonchev–Trinajstić information content (AvgIpc) is 3.99. The molecular formula is C73H70BN. The highest BCUT2D eigenvalue weighted by atomic mass is 15.0. The second-order valence-electron chi connectivity index (χ2n) is 27.9. The quantitative estimate of drug-likeness (QED) is 0.145. The van der Waals surface area contributed by atoms with Gasteiger partial charge in [-0.25, -0.2) is 0 Å². The Hall–Kier alpha value is -6.64. The SMILES string of the molecule is CC(C)(C)C1=CC2=C(CC1)CC1c3cc(C4=CC=CC5c6ccccc6C6(c7ccccc7-c7ccccc76)C45)cc4c3B(c3cc(C(C)(C)C)cc2c31)c1cc(C(C)(C)C)cc2c3cc(C(C)(C)C)ccc3n-4c12. The predicted octanol–water partition coefficient (Wildman–Crippen LogP) is 16.6. The maximum Gasteiger partial charge on any atom is 0.247 e. The lowest BCUT2D eigenvalue weighted by Gasteiger charge is -2.44. The van der Waals surface area contributed by atoms with Crippen molar-refractivity contribution in [3.63, 3.8) is 0 Å². The van der Waals surface area contributed by atoms with E-state index in [2.05, 4.69) is 239 Å². The van der Waals surface area contributed by atoms with Crippen molar-refractivity contribution < 1.29 is 0 Å². The first kappa shape index (κ1) is 45.7. The van der Waals surface area contributed by atoms with Gasteiger partial charge >= 0.3 is 0 Å². The fourth-order valence-corrected chi connectivity index (χ4v) is 16.0. The van der Waals surface area contributed by atoms with E-state index in [1.807, 2.05) is 0 Å². The van der Waals surface area contributed by atoms with Crippen LogP contribution in [0.3, 0.4) is 0 Å². The molecule has 370 valence electrons. The van der Waals surface area contributed by atoms with Gasteiger partial charge in [0.2, 0.25) is 6.71 Å². The minimum Gasteiger partial charge on any atom is -0.310 e. The third kappa shape index (κ3) is 6.04. The Bertz CT molecular complexity index is 3990. The van der Waals surface area contributed by atoms with Gasteiger partial charge < -0.3 is 4.57 Å². The summed E-state index contributed by atoms with van der Waals surface area (Å²) in [6.45, 7) is 29.0. The third-order valence-electron chi connectivity index (χ3n) is 19.7. The largest absolute Gasteiger partial charge is 0.310 e. The minimum atomic E-state index is -0.347. The lowest BCUT2D eigenvalue weighted by Crippen LogP contribution is -2.62. The van der Waals surface area contributed by atoms with E-state index in [4.69, 9.17) is 0 Å². The van der Waals surface area contributed by atoms with Gasteiger partial charge in [0.1, 0.15) is 0 Å². The summed E-state index contributed by atoms with van der Waals surface area (Å²) < 4.78 is 2.76. The standard InChI is InChI=1S/C73H70BN/c1-69(2,3)43-29-28-41-32-54-56-33-42(47-23-19-24-51-50-22-15-18-27-60(50)73(66(47)51)58-25-16-13-20-48(58)49-21-14-17-26-59(49)73)34-64-67(56)74(61-39-45(71(7,8)9)37-55(65(54)61)52(41)35-43)62-40-46(72(10,11)12)38-57-53-36-44(70(4,5)6)30-31-63(53)75(64)68(57)62/h13-27,30-31,33-40,51,54,66H,28-29,32H2,1-12H3. The highest BCUT2D eigenvalue weighted by molar-refractivity contribution is 6.99. The Kier molecular flexibility index (Phi) is 9.05. The number of hydrogen-bond acceptors (Lipinski definition) is 0. The van der Waals surface area contributed by atoms with Gasteiger partial charge in [0, 0.05) is 39.7 Å². The number of allylic oxidation sites excluding steroid dienone is 8. The molecule has 0 amide bonds. The zero-order valence-electron chi connectivity index (χ0n) is 46.3. The first-order valence-electron chi connectivity index (χ1n) is 28.3. The smallest absolute Gasteiger partial charge is 0.247 e. The van der Waals surface area contributed by atoms with Crippen molar-refractivity contribution in [1.29, 1.82) is 0 Å². The molecule has 0 fully saturated rings. The summed E-state index contributed by atoms with van der Waals surface area (Å²) >= 11 is 0. The van der Waals surface area contributed by atoms with E-state index < -0.39 is 0 Å². The van der Waals surface area contributed by atoms with Crippen molar-refractivity contribution in [2.75, 3.05) is 0 Å². The van der Waals surface area contributed by atoms with E-state index in [0.717, 1.165) is 19.3 Å². The van der Waals surface area contributed by atoms with Crippen LogP contribution in [-0.2, 0) is 21.7 Å². The van der Waals surface area contributed by atoms with Crippen molar-refractivity contribution in [3.8, 4) is 16.8 Å². The highest BCUT2D eigenvalue weighted by Gasteiger charge is 2.59. The van der Waals surface area contributed by atoms with Crippen LogP contribution in [0.2, 0.25) is 0 Å². The summed E-state index contributed by atoms with van der Waals surface area (Å²) in [5.74, 6) is 0.628. The molecule has 0 N–H and O–H groups in total. The molecule has 7 aromatic carbocycles. The van der Waals surface area contributed by atoms with Gasteiger partial charge in [0.05, 0.1) is 10.9 Å². The molecule has 0 bridgehead atoms. The fraction of sp³-hybridized carbons (Fsp3) is 0.315. The molecule has 3 atom stereocenters. The molecule has 1 spiro atoms. The van der Waals surface area contributed by atoms with Gasteiger partial charge in [-0.2, -0.15) is 0 Å². The van der Waals surface area contributed by atoms with Crippen molar-refractivity contribution >= 4 is 56.1 Å². The number of rotatable bonds is 1. The minimum absolute atomic E-state index is 0.00928. The molecule has 3 unspecified atom stereocenters. The average molecular weight is 972 g/mol. The lowest BCUT2D eigenvalue weighted by molar-refractivity contribution is 0.478. The van der Waals surface area contributed by atoms with E-state index in [1.165, 1.54) is 116 Å². The number of hydrogen-bond donors (Lipinski definition) is 0. The Labute approximate surface area is 446 Å². The van der Waals surface area contributed by atoms with Crippen LogP contribution in [0.1, 0.15) is 175 Å². The number of benzene rings is 7. The molecular weight excluding hydrogens is 902 g/mol. The summed E-state index contributed by atoms with van der Waals surface area (Å²) in [7, 11) is 0. The van der Waals surface area contributed by atoms with E-state index in [0.29, 0.717) is 0 Å². The summed E-state index contributed by atoms with van der Waals surface area (Å²) in [6, 6.07) is 51.8. The molecule has 1 aromatic heterocycles. The Morgan fingerprint density at radius 2 is 1.20 bits per heavy atom. The van der Waals surface area contributed by atoms with Crippen molar-refractivity contribution in [1.82, 2.24) is 4.57 Å². The van der Waals surface area contributed by atoms with E-state index in [9.17, 15) is 0 Å². The molecule has 7 aliphatic rings. The lowest BCUT2D eigenvalue weighted by atomic mass is 9.30. The molecule has 8 aromatic rings. The molecule has 5 aliphatic carbocycles. The zero-order valence-corrected chi connectivity index (χ0v) is 46.3. The van der Waals surface area contributed by atoms with Crippen molar-refractivity contribution in [2.24, 2.45) is 11.3 Å². The summed E-state index contributed by atoms with van der Waals surface area (Å²) in [5.41, 5.74) is 33.4. The van der Waals surface area contributed by atoms with E-state index in [-0.39, 0.29) is 51.5 Å². The predicted molar refractivity (Wildman–Crippen MR) is 320 cm³/mol. The number of aromatic nitrogens is 1. The fourth-order valence-electron chi connectivity index (χ4n) is 16.0. The maximum atomic E-state index is 2.76. The summed E-state index contributed by atoms with van der Waals surface area (Å²) in [6.07, 6.45) is 13.5. The van der Waals surface area contributed by atoms with Crippen LogP contribution in [0.5, 0.6) is 0 Å². The molecule has 2 heteroatoms. The Balaban J connectivity index is 1.08. The number of fused-ring (bicyclic) bond motifs is 18. The Morgan fingerprint density at radius 3 is 1.89 bits per heavy atom. The second-order valence-corrected chi connectivity index (χ2v) is 27.9. The highest BCUT2D eigenvalue weighted by Crippen LogP contribution is 2.68. The van der Waals surface area contributed by atoms with E-state index >= 15 is 0 Å². The van der Waals surface area contributed by atoms with E-state index in [1.54, 1.807) is 22.3 Å². The van der Waals surface area contributed by atoms with Crippen molar-refractivity contribution in [2.45, 2.75) is 136 Å². The van der Waals surface area contributed by atoms with Crippen LogP contribution in [-0.4, -0.2) is 11.3 Å². The molecule has 2 aliphatic heterocycles. The molecule has 0 saturated carbocycles. The van der Waals surface area contributed by atoms with Gasteiger partial charge in [-0.1, -0.05) is 227 Å². The summed E-state index contributed by atoms with van der Waals surface area (Å²) in [5, 5.41) is 2.76. The third-order valence-corrected chi connectivity index (χ3v) is 19.7. The summed E-state index contributed by atoms with van der Waals surface area (Å²) in [4.78, 5) is 0. The van der Waals surface area contributed by atoms with Gasteiger partial charge in [-0.15, -0.1) is 0 Å². The van der Waals surface area contributed by atoms with Crippen LogP contribution in [0.15, 0.2) is 163 Å². The van der Waals surface area contributed by atoms with Crippen LogP contribution in [0.4, 0.5) is 0 Å². The maximum absolute atomic E-state index is 2.76. The molecule has 3 heterocycles. The van der Waals surface area contributed by atoms with Gasteiger partial charge in [0.15, 0.2) is 0 Å². The van der Waals surface area contributed by atoms with Gasteiger partial charge in [0.25, 0.3) is 0 Å². The number of nitrogens with zero attached hydrogens (tertiary/aromatic N) is 1. The van der Waals surface area contributed by atoms with Crippen LogP contribution < -0.4 is 16.4 Å². The van der Waals surface area contributed by atoms with Crippen LogP contribution >= 0.6 is 0 Å².